The van der Waals surface area contributed by atoms with Gasteiger partial charge in [0.1, 0.15) is 0 Å². The fraction of sp³-hybridized carbons (Fsp3) is 0.182. The molecule has 1 heterocycles. The zero-order valence-electron chi connectivity index (χ0n) is 7.79. The summed E-state index contributed by atoms with van der Waals surface area (Å²) in [6.45, 7) is 7.34. The molecule has 0 fully saturated rings. The lowest BCUT2D eigenvalue weighted by atomic mass is 10.2. The van der Waals surface area contributed by atoms with Crippen molar-refractivity contribution in [3.63, 3.8) is 0 Å². The van der Waals surface area contributed by atoms with E-state index in [1.165, 1.54) is 0 Å². The Morgan fingerprint density at radius 2 is 2.29 bits per heavy atom. The Morgan fingerprint density at radius 3 is 3.00 bits per heavy atom. The molecule has 1 aromatic carbocycles. The Balaban J connectivity index is 2.80. The maximum absolute atomic E-state index is 6.90. The van der Waals surface area contributed by atoms with Crippen molar-refractivity contribution < 1.29 is 0 Å². The fourth-order valence-electron chi connectivity index (χ4n) is 1.70. The van der Waals surface area contributed by atoms with Crippen LogP contribution in [0.2, 0.25) is 0 Å². The molecule has 0 spiro atoms. The molecule has 2 nitrogen and oxygen atoms in total. The van der Waals surface area contributed by atoms with Gasteiger partial charge in [-0.15, -0.1) is 0 Å². The minimum Gasteiger partial charge on any atom is -0.350 e. The predicted octanol–water partition coefficient (Wildman–Crippen LogP) is 3.36. The maximum Gasteiger partial charge on any atom is 0.241 e. The van der Waals surface area contributed by atoms with Gasteiger partial charge < -0.3 is 9.41 Å². The average molecular weight is 249 g/mol. The molecule has 0 bridgehead atoms. The van der Waals surface area contributed by atoms with Crippen molar-refractivity contribution in [2.45, 2.75) is 6.54 Å². The smallest absolute Gasteiger partial charge is 0.241 e. The molecule has 0 unspecified atom stereocenters. The van der Waals surface area contributed by atoms with E-state index in [1.807, 2.05) is 25.4 Å². The van der Waals surface area contributed by atoms with Gasteiger partial charge >= 0.3 is 0 Å². The van der Waals surface area contributed by atoms with Crippen molar-refractivity contribution in [1.29, 1.82) is 0 Å². The van der Waals surface area contributed by atoms with E-state index in [-0.39, 0.29) is 0 Å². The van der Waals surface area contributed by atoms with E-state index in [0.29, 0.717) is 6.54 Å². The van der Waals surface area contributed by atoms with Gasteiger partial charge in [0.2, 0.25) is 6.54 Å². The van der Waals surface area contributed by atoms with Crippen LogP contribution in [0.15, 0.2) is 28.9 Å². The predicted molar refractivity (Wildman–Crippen MR) is 60.9 cm³/mol. The number of fused-ring (bicyclic) bond motifs is 1. The van der Waals surface area contributed by atoms with E-state index in [9.17, 15) is 0 Å². The molecule has 2 aromatic rings. The molecule has 0 N–H and O–H groups in total. The lowest BCUT2D eigenvalue weighted by Crippen LogP contribution is -1.82. The Bertz CT molecular complexity index is 520. The number of nitrogens with zero attached hydrogens (tertiary/aromatic N) is 2. The summed E-state index contributed by atoms with van der Waals surface area (Å²) < 4.78 is 3.12. The van der Waals surface area contributed by atoms with E-state index < -0.39 is 0 Å². The van der Waals surface area contributed by atoms with E-state index in [4.69, 9.17) is 6.57 Å². The maximum atomic E-state index is 6.90. The Morgan fingerprint density at radius 1 is 1.50 bits per heavy atom. The minimum absolute atomic E-state index is 0.444. The first-order chi connectivity index (χ1) is 6.74. The molecule has 14 heavy (non-hydrogen) atoms. The second-order valence-electron chi connectivity index (χ2n) is 3.22. The molecule has 3 heteroatoms. The molecule has 0 aliphatic rings. The SMILES string of the molecule is [C-]#[N+]Cc1cn(C)c2cccc(Br)c12. The summed E-state index contributed by atoms with van der Waals surface area (Å²) in [5.41, 5.74) is 2.25. The lowest BCUT2D eigenvalue weighted by molar-refractivity contribution is 0.959. The highest BCUT2D eigenvalue weighted by Crippen LogP contribution is 2.28. The molecule has 0 atom stereocenters. The van der Waals surface area contributed by atoms with Gasteiger partial charge in [-0.2, -0.15) is 0 Å². The number of hydrogen-bond acceptors (Lipinski definition) is 0. The van der Waals surface area contributed by atoms with Crippen LogP contribution in [0.3, 0.4) is 0 Å². The summed E-state index contributed by atoms with van der Waals surface area (Å²) in [4.78, 5) is 3.43. The topological polar surface area (TPSA) is 9.29 Å². The summed E-state index contributed by atoms with van der Waals surface area (Å²) in [7, 11) is 2.00. The molecular formula is C11H9BrN2. The van der Waals surface area contributed by atoms with Crippen LogP contribution in [0.25, 0.3) is 15.7 Å². The van der Waals surface area contributed by atoms with Crippen LogP contribution >= 0.6 is 15.9 Å². The average Bonchev–Trinajstić information content (AvgIpc) is 2.46. The molecule has 0 amide bonds. The van der Waals surface area contributed by atoms with E-state index in [2.05, 4.69) is 31.4 Å². The molecule has 0 radical (unpaired) electrons. The van der Waals surface area contributed by atoms with Gasteiger partial charge in [0.25, 0.3) is 0 Å². The van der Waals surface area contributed by atoms with E-state index in [0.717, 1.165) is 20.9 Å². The van der Waals surface area contributed by atoms with Crippen LogP contribution in [0, 0.1) is 6.57 Å². The van der Waals surface area contributed by atoms with E-state index >= 15 is 0 Å². The standard InChI is InChI=1S/C11H9BrN2/c1-13-6-8-7-14(2)10-5-3-4-9(12)11(8)10/h3-5,7H,6H2,2H3. The van der Waals surface area contributed by atoms with Crippen LogP contribution in [0.4, 0.5) is 0 Å². The molecule has 1 aromatic heterocycles. The Labute approximate surface area is 91.1 Å². The van der Waals surface area contributed by atoms with Gasteiger partial charge in [0, 0.05) is 28.6 Å². The largest absolute Gasteiger partial charge is 0.350 e. The highest BCUT2D eigenvalue weighted by Gasteiger charge is 2.10. The van der Waals surface area contributed by atoms with Gasteiger partial charge in [-0.05, 0) is 12.1 Å². The number of aryl methyl sites for hydroxylation is 1. The van der Waals surface area contributed by atoms with Gasteiger partial charge in [-0.25, -0.2) is 6.57 Å². The van der Waals surface area contributed by atoms with Gasteiger partial charge in [-0.3, -0.25) is 0 Å². The molecular weight excluding hydrogens is 240 g/mol. The number of halogens is 1. The molecule has 2 rings (SSSR count). The first-order valence-corrected chi connectivity index (χ1v) is 5.09. The third-order valence-corrected chi connectivity index (χ3v) is 2.95. The Hall–Kier alpha value is -1.27. The normalized spacial score (nSPS) is 10.4. The molecule has 70 valence electrons. The van der Waals surface area contributed by atoms with Gasteiger partial charge in [-0.1, -0.05) is 22.0 Å². The first kappa shape index (κ1) is 9.29. The third-order valence-electron chi connectivity index (χ3n) is 2.29. The number of benzene rings is 1. The third kappa shape index (κ3) is 1.32. The van der Waals surface area contributed by atoms with Crippen LogP contribution in [0.1, 0.15) is 5.56 Å². The molecule has 0 saturated heterocycles. The first-order valence-electron chi connectivity index (χ1n) is 4.29. The summed E-state index contributed by atoms with van der Waals surface area (Å²) in [5, 5.41) is 1.16. The molecule has 0 aliphatic carbocycles. The summed E-state index contributed by atoms with van der Waals surface area (Å²) in [5.74, 6) is 0. The summed E-state index contributed by atoms with van der Waals surface area (Å²) in [6, 6.07) is 6.08. The monoisotopic (exact) mass is 248 g/mol. The van der Waals surface area contributed by atoms with Gasteiger partial charge in [0.05, 0.1) is 5.56 Å². The molecule has 0 aliphatic heterocycles. The summed E-state index contributed by atoms with van der Waals surface area (Å²) in [6.07, 6.45) is 2.02. The zero-order chi connectivity index (χ0) is 10.1. The quantitative estimate of drug-likeness (QED) is 0.685. The lowest BCUT2D eigenvalue weighted by Gasteiger charge is -1.96. The van der Waals surface area contributed by atoms with Crippen LogP contribution < -0.4 is 0 Å². The molecule has 0 saturated carbocycles. The number of rotatable bonds is 1. The van der Waals surface area contributed by atoms with Crippen LogP contribution in [-0.4, -0.2) is 4.57 Å². The van der Waals surface area contributed by atoms with Crippen molar-refractivity contribution in [2.75, 3.05) is 0 Å². The van der Waals surface area contributed by atoms with E-state index in [1.54, 1.807) is 0 Å². The summed E-state index contributed by atoms with van der Waals surface area (Å²) >= 11 is 3.51. The van der Waals surface area contributed by atoms with Crippen molar-refractivity contribution >= 4 is 26.8 Å². The minimum atomic E-state index is 0.444. The highest BCUT2D eigenvalue weighted by atomic mass is 79.9. The Kier molecular flexibility index (Phi) is 2.30. The second kappa shape index (κ2) is 3.47. The van der Waals surface area contributed by atoms with Crippen molar-refractivity contribution in [1.82, 2.24) is 4.57 Å². The number of aromatic nitrogens is 1. The number of hydrogen-bond donors (Lipinski definition) is 0. The second-order valence-corrected chi connectivity index (χ2v) is 4.07. The highest BCUT2D eigenvalue weighted by molar-refractivity contribution is 9.10. The zero-order valence-corrected chi connectivity index (χ0v) is 9.37. The van der Waals surface area contributed by atoms with Crippen molar-refractivity contribution in [3.05, 3.63) is 45.8 Å². The fourth-order valence-corrected chi connectivity index (χ4v) is 2.31. The van der Waals surface area contributed by atoms with Gasteiger partial charge in [0.15, 0.2) is 0 Å². The van der Waals surface area contributed by atoms with Crippen molar-refractivity contribution in [3.8, 4) is 0 Å². The van der Waals surface area contributed by atoms with Crippen LogP contribution in [0.5, 0.6) is 0 Å². The van der Waals surface area contributed by atoms with Crippen molar-refractivity contribution in [2.24, 2.45) is 7.05 Å². The van der Waals surface area contributed by atoms with Crippen LogP contribution in [-0.2, 0) is 13.6 Å².